The minimum atomic E-state index is -0.212. The van der Waals surface area contributed by atoms with E-state index in [2.05, 4.69) is 31.2 Å². The Balaban J connectivity index is 1.50. The van der Waals surface area contributed by atoms with Gasteiger partial charge in [-0.05, 0) is 34.7 Å². The molecule has 25 heavy (non-hydrogen) atoms. The summed E-state index contributed by atoms with van der Waals surface area (Å²) >= 11 is 2.77. The zero-order chi connectivity index (χ0) is 17.6. The molecule has 11 heteroatoms. The van der Waals surface area contributed by atoms with Gasteiger partial charge in [0.1, 0.15) is 0 Å². The molecule has 0 aliphatic carbocycles. The number of carbonyl (C=O) groups is 2. The summed E-state index contributed by atoms with van der Waals surface area (Å²) in [6, 6.07) is 6.69. The maximum atomic E-state index is 12.1. The number of nitrogens with zero attached hydrogens (tertiary/aromatic N) is 5. The zero-order valence-corrected chi connectivity index (χ0v) is 14.9. The predicted octanol–water partition coefficient (Wildman–Crippen LogP) is 0.773. The van der Waals surface area contributed by atoms with Crippen LogP contribution in [0.15, 0.2) is 34.4 Å². The summed E-state index contributed by atoms with van der Waals surface area (Å²) in [5.74, 6) is 0.689. The van der Waals surface area contributed by atoms with Gasteiger partial charge in [-0.15, -0.1) is 5.10 Å². The Labute approximate surface area is 152 Å². The van der Waals surface area contributed by atoms with Crippen LogP contribution in [0.5, 0.6) is 0 Å². The molecule has 9 nitrogen and oxygen atoms in total. The van der Waals surface area contributed by atoms with Crippen LogP contribution in [0.25, 0.3) is 0 Å². The number of carbonyl (C=O) groups excluding carboxylic acids is 2. The van der Waals surface area contributed by atoms with Gasteiger partial charge in [-0.2, -0.15) is 0 Å². The molecule has 3 rings (SSSR count). The molecule has 1 aliphatic rings. The highest BCUT2D eigenvalue weighted by Crippen LogP contribution is 2.15. The fourth-order valence-corrected chi connectivity index (χ4v) is 3.33. The van der Waals surface area contributed by atoms with E-state index >= 15 is 0 Å². The molecule has 1 aliphatic heterocycles. The van der Waals surface area contributed by atoms with Gasteiger partial charge >= 0.3 is 0 Å². The van der Waals surface area contributed by atoms with E-state index in [4.69, 9.17) is 0 Å². The van der Waals surface area contributed by atoms with E-state index < -0.39 is 0 Å². The van der Waals surface area contributed by atoms with Gasteiger partial charge in [0.2, 0.25) is 11.1 Å². The minimum Gasteiger partial charge on any atom is -0.325 e. The van der Waals surface area contributed by atoms with Crippen LogP contribution in [0.2, 0.25) is 0 Å². The average Bonchev–Trinajstić information content (AvgIpc) is 3.25. The first-order valence-corrected chi connectivity index (χ1v) is 9.32. The number of rotatable bonds is 5. The second-order valence-corrected chi connectivity index (χ2v) is 7.01. The molecule has 130 valence electrons. The van der Waals surface area contributed by atoms with E-state index in [0.717, 1.165) is 12.3 Å². The zero-order valence-electron chi connectivity index (χ0n) is 13.3. The molecule has 0 fully saturated rings. The lowest BCUT2D eigenvalue weighted by atomic mass is 10.2. The van der Waals surface area contributed by atoms with E-state index in [1.165, 1.54) is 28.2 Å². The van der Waals surface area contributed by atoms with E-state index in [1.54, 1.807) is 31.3 Å². The van der Waals surface area contributed by atoms with Crippen LogP contribution in [0.4, 0.5) is 5.69 Å². The van der Waals surface area contributed by atoms with Crippen LogP contribution in [-0.2, 0) is 11.8 Å². The molecule has 0 spiro atoms. The van der Waals surface area contributed by atoms with Crippen molar-refractivity contribution < 1.29 is 9.59 Å². The number of aromatic nitrogens is 4. The molecule has 2 aromatic rings. The SMILES string of the molecule is Cn1nnnc1SCC(=O)Nc1ccc(C(=O)NC2=NCCS2)cc1. The standard InChI is InChI=1S/C14H15N7O2S2/c1-21-14(18-19-20-21)25-8-11(22)16-10-4-2-9(3-5-10)12(23)17-13-15-6-7-24-13/h2-5H,6-8H2,1H3,(H,16,22)(H,15,17,23). The Bertz CT molecular complexity index is 804. The van der Waals surface area contributed by atoms with E-state index in [0.29, 0.717) is 21.6 Å². The van der Waals surface area contributed by atoms with Crippen molar-refractivity contribution in [2.45, 2.75) is 5.16 Å². The van der Waals surface area contributed by atoms with Crippen LogP contribution in [0.1, 0.15) is 10.4 Å². The average molecular weight is 377 g/mol. The third-order valence-corrected chi connectivity index (χ3v) is 5.05. The Morgan fingerprint density at radius 2 is 2.08 bits per heavy atom. The highest BCUT2D eigenvalue weighted by atomic mass is 32.2. The Morgan fingerprint density at radius 3 is 2.72 bits per heavy atom. The minimum absolute atomic E-state index is 0.179. The van der Waals surface area contributed by atoms with Crippen LogP contribution >= 0.6 is 23.5 Å². The second kappa shape index (κ2) is 8.12. The topological polar surface area (TPSA) is 114 Å². The summed E-state index contributed by atoms with van der Waals surface area (Å²) in [4.78, 5) is 28.2. The molecular weight excluding hydrogens is 362 g/mol. The van der Waals surface area contributed by atoms with Gasteiger partial charge < -0.3 is 10.6 Å². The van der Waals surface area contributed by atoms with Crippen molar-refractivity contribution in [1.82, 2.24) is 25.5 Å². The van der Waals surface area contributed by atoms with E-state index in [1.807, 2.05) is 0 Å². The Kier molecular flexibility index (Phi) is 5.66. The number of nitrogens with one attached hydrogen (secondary N) is 2. The number of hydrogen-bond donors (Lipinski definition) is 2. The largest absolute Gasteiger partial charge is 0.325 e. The molecule has 0 radical (unpaired) electrons. The van der Waals surface area contributed by atoms with Gasteiger partial charge in [0.15, 0.2) is 5.17 Å². The van der Waals surface area contributed by atoms with E-state index in [9.17, 15) is 9.59 Å². The van der Waals surface area contributed by atoms with Crippen molar-refractivity contribution in [1.29, 1.82) is 0 Å². The molecule has 0 unspecified atom stereocenters. The first-order valence-electron chi connectivity index (χ1n) is 7.35. The Hall–Kier alpha value is -2.40. The summed E-state index contributed by atoms with van der Waals surface area (Å²) in [5, 5.41) is 17.7. The number of benzene rings is 1. The summed E-state index contributed by atoms with van der Waals surface area (Å²) in [5.41, 5.74) is 1.12. The number of aliphatic imine (C=N–C) groups is 1. The summed E-state index contributed by atoms with van der Waals surface area (Å²) in [7, 11) is 1.71. The number of hydrogen-bond acceptors (Lipinski definition) is 8. The number of amides is 2. The number of thioether (sulfide) groups is 2. The van der Waals surface area contributed by atoms with E-state index in [-0.39, 0.29) is 17.6 Å². The van der Waals surface area contributed by atoms with Crippen molar-refractivity contribution in [3.63, 3.8) is 0 Å². The van der Waals surface area contributed by atoms with Crippen LogP contribution in [0.3, 0.4) is 0 Å². The molecule has 2 heterocycles. The summed E-state index contributed by atoms with van der Waals surface area (Å²) < 4.78 is 1.50. The third-order valence-electron chi connectivity index (χ3n) is 3.15. The molecule has 1 aromatic carbocycles. The molecule has 0 atom stereocenters. The van der Waals surface area contributed by atoms with Gasteiger partial charge in [-0.25, -0.2) is 4.68 Å². The van der Waals surface area contributed by atoms with Crippen LogP contribution < -0.4 is 10.6 Å². The van der Waals surface area contributed by atoms with Crippen molar-refractivity contribution in [3.8, 4) is 0 Å². The summed E-state index contributed by atoms with van der Waals surface area (Å²) in [6.07, 6.45) is 0. The first-order chi connectivity index (χ1) is 12.1. The van der Waals surface area contributed by atoms with Crippen molar-refractivity contribution in [2.75, 3.05) is 23.4 Å². The lowest BCUT2D eigenvalue weighted by molar-refractivity contribution is -0.113. The smallest absolute Gasteiger partial charge is 0.257 e. The monoisotopic (exact) mass is 377 g/mol. The highest BCUT2D eigenvalue weighted by molar-refractivity contribution is 8.14. The van der Waals surface area contributed by atoms with Crippen LogP contribution in [0, 0.1) is 0 Å². The van der Waals surface area contributed by atoms with Gasteiger partial charge in [0.05, 0.1) is 12.3 Å². The molecule has 0 saturated heterocycles. The number of anilines is 1. The number of tetrazole rings is 1. The fraction of sp³-hybridized carbons (Fsp3) is 0.286. The fourth-order valence-electron chi connectivity index (χ4n) is 1.96. The lowest BCUT2D eigenvalue weighted by Crippen LogP contribution is -2.27. The summed E-state index contributed by atoms with van der Waals surface area (Å²) in [6.45, 7) is 0.730. The van der Waals surface area contributed by atoms with Crippen molar-refractivity contribution in [2.24, 2.45) is 12.0 Å². The maximum Gasteiger partial charge on any atom is 0.257 e. The van der Waals surface area contributed by atoms with Gasteiger partial charge in [0, 0.05) is 24.1 Å². The first kappa shape index (κ1) is 17.4. The molecule has 2 N–H and O–H groups in total. The lowest BCUT2D eigenvalue weighted by Gasteiger charge is -2.07. The number of amidine groups is 1. The van der Waals surface area contributed by atoms with Gasteiger partial charge in [-0.3, -0.25) is 14.6 Å². The molecule has 1 aromatic heterocycles. The Morgan fingerprint density at radius 1 is 1.28 bits per heavy atom. The van der Waals surface area contributed by atoms with Crippen LogP contribution in [-0.4, -0.2) is 55.2 Å². The second-order valence-electron chi connectivity index (χ2n) is 4.99. The van der Waals surface area contributed by atoms with Crippen molar-refractivity contribution >= 4 is 46.2 Å². The van der Waals surface area contributed by atoms with Gasteiger partial charge in [0.25, 0.3) is 5.91 Å². The molecule has 0 saturated carbocycles. The molecule has 0 bridgehead atoms. The maximum absolute atomic E-state index is 12.1. The quantitative estimate of drug-likeness (QED) is 0.740. The van der Waals surface area contributed by atoms with Crippen molar-refractivity contribution in [3.05, 3.63) is 29.8 Å². The molecular formula is C14H15N7O2S2. The predicted molar refractivity (Wildman–Crippen MR) is 96.8 cm³/mol. The number of aryl methyl sites for hydroxylation is 1. The third kappa shape index (κ3) is 4.79. The molecule has 2 amide bonds. The van der Waals surface area contributed by atoms with Gasteiger partial charge in [-0.1, -0.05) is 23.5 Å². The normalized spacial score (nSPS) is 13.4. The highest BCUT2D eigenvalue weighted by Gasteiger charge is 2.13.